The number of rotatable bonds is 6. The molecule has 0 aromatic carbocycles. The third kappa shape index (κ3) is 4.30. The lowest BCUT2D eigenvalue weighted by atomic mass is 10.1. The minimum Gasteiger partial charge on any atom is -0.356 e. The van der Waals surface area contributed by atoms with Crippen LogP contribution in [0.5, 0.6) is 0 Å². The first-order valence-corrected chi connectivity index (χ1v) is 6.90. The van der Waals surface area contributed by atoms with Gasteiger partial charge in [-0.15, -0.1) is 11.3 Å². The summed E-state index contributed by atoms with van der Waals surface area (Å²) in [6, 6.07) is 8.01. The number of nitrogens with zero attached hydrogens (tertiary/aromatic N) is 1. The second-order valence-corrected chi connectivity index (χ2v) is 5.07. The Hall–Kier alpha value is -1.68. The summed E-state index contributed by atoms with van der Waals surface area (Å²) in [6.07, 6.45) is 5.73. The topological polar surface area (TPSA) is 42.0 Å². The minimum atomic E-state index is 0.107. The molecule has 94 valence electrons. The Morgan fingerprint density at radius 2 is 2.22 bits per heavy atom. The van der Waals surface area contributed by atoms with Gasteiger partial charge in [0.2, 0.25) is 5.91 Å². The molecule has 0 unspecified atom stereocenters. The van der Waals surface area contributed by atoms with E-state index in [1.54, 1.807) is 23.7 Å². The van der Waals surface area contributed by atoms with Gasteiger partial charge in [-0.1, -0.05) is 12.1 Å². The van der Waals surface area contributed by atoms with Crippen LogP contribution in [-0.4, -0.2) is 17.4 Å². The minimum absolute atomic E-state index is 0.107. The van der Waals surface area contributed by atoms with Gasteiger partial charge in [-0.2, -0.15) is 0 Å². The number of pyridine rings is 1. The summed E-state index contributed by atoms with van der Waals surface area (Å²) < 4.78 is 0. The summed E-state index contributed by atoms with van der Waals surface area (Å²) in [5, 5.41) is 4.99. The zero-order valence-corrected chi connectivity index (χ0v) is 11.0. The average molecular weight is 260 g/mol. The van der Waals surface area contributed by atoms with Gasteiger partial charge in [-0.25, -0.2) is 0 Å². The highest BCUT2D eigenvalue weighted by molar-refractivity contribution is 7.09. The largest absolute Gasteiger partial charge is 0.356 e. The first kappa shape index (κ1) is 12.8. The average Bonchev–Trinajstić information content (AvgIpc) is 2.91. The molecule has 1 N–H and O–H groups in total. The second kappa shape index (κ2) is 6.91. The number of hydrogen-bond donors (Lipinski definition) is 1. The molecule has 0 aliphatic rings. The molecule has 2 aromatic heterocycles. The van der Waals surface area contributed by atoms with E-state index in [-0.39, 0.29) is 5.91 Å². The van der Waals surface area contributed by atoms with Crippen molar-refractivity contribution in [3.8, 4) is 0 Å². The molecule has 3 nitrogen and oxygen atoms in total. The van der Waals surface area contributed by atoms with Crippen LogP contribution in [0.3, 0.4) is 0 Å². The van der Waals surface area contributed by atoms with E-state index in [0.29, 0.717) is 13.0 Å². The zero-order valence-electron chi connectivity index (χ0n) is 10.1. The second-order valence-electron chi connectivity index (χ2n) is 4.04. The molecule has 0 spiro atoms. The van der Waals surface area contributed by atoms with Crippen LogP contribution in [0.1, 0.15) is 16.9 Å². The van der Waals surface area contributed by atoms with Crippen molar-refractivity contribution in [2.24, 2.45) is 0 Å². The Morgan fingerprint density at radius 1 is 1.28 bits per heavy atom. The van der Waals surface area contributed by atoms with Crippen molar-refractivity contribution in [1.29, 1.82) is 0 Å². The maximum Gasteiger partial charge on any atom is 0.220 e. The van der Waals surface area contributed by atoms with Gasteiger partial charge >= 0.3 is 0 Å². The van der Waals surface area contributed by atoms with E-state index in [1.165, 1.54) is 4.88 Å². The fourth-order valence-corrected chi connectivity index (χ4v) is 2.38. The summed E-state index contributed by atoms with van der Waals surface area (Å²) in [7, 11) is 0. The van der Waals surface area contributed by atoms with Gasteiger partial charge in [0, 0.05) is 30.2 Å². The molecule has 0 saturated carbocycles. The number of hydrogen-bond acceptors (Lipinski definition) is 3. The van der Waals surface area contributed by atoms with E-state index < -0.39 is 0 Å². The van der Waals surface area contributed by atoms with Gasteiger partial charge in [0.1, 0.15) is 0 Å². The lowest BCUT2D eigenvalue weighted by Gasteiger charge is -2.04. The van der Waals surface area contributed by atoms with E-state index in [0.717, 1.165) is 18.4 Å². The van der Waals surface area contributed by atoms with E-state index in [1.807, 2.05) is 18.2 Å². The molecule has 2 rings (SSSR count). The van der Waals surface area contributed by atoms with Gasteiger partial charge in [0.15, 0.2) is 0 Å². The normalized spacial score (nSPS) is 10.2. The number of thiophene rings is 1. The van der Waals surface area contributed by atoms with Gasteiger partial charge in [-0.3, -0.25) is 9.78 Å². The SMILES string of the molecule is O=C(CCc1cccnc1)NCCc1cccs1. The third-order valence-electron chi connectivity index (χ3n) is 2.64. The highest BCUT2D eigenvalue weighted by Gasteiger charge is 2.02. The maximum absolute atomic E-state index is 11.6. The first-order valence-electron chi connectivity index (χ1n) is 6.02. The van der Waals surface area contributed by atoms with E-state index >= 15 is 0 Å². The Labute approximate surface area is 111 Å². The highest BCUT2D eigenvalue weighted by atomic mass is 32.1. The molecule has 18 heavy (non-hydrogen) atoms. The van der Waals surface area contributed by atoms with Crippen LogP contribution >= 0.6 is 11.3 Å². The molecule has 2 aromatic rings. The van der Waals surface area contributed by atoms with Gasteiger partial charge in [-0.05, 0) is 35.9 Å². The van der Waals surface area contributed by atoms with Crippen molar-refractivity contribution < 1.29 is 4.79 Å². The molecule has 0 atom stereocenters. The number of aromatic nitrogens is 1. The molecule has 0 radical (unpaired) electrons. The quantitative estimate of drug-likeness (QED) is 0.866. The fourth-order valence-electron chi connectivity index (χ4n) is 1.67. The van der Waals surface area contributed by atoms with Crippen LogP contribution in [0.4, 0.5) is 0 Å². The van der Waals surface area contributed by atoms with Gasteiger partial charge in [0.05, 0.1) is 0 Å². The van der Waals surface area contributed by atoms with Crippen molar-refractivity contribution in [1.82, 2.24) is 10.3 Å². The number of carbonyl (C=O) groups excluding carboxylic acids is 1. The predicted molar refractivity (Wildman–Crippen MR) is 73.6 cm³/mol. The van der Waals surface area contributed by atoms with Crippen LogP contribution in [0.25, 0.3) is 0 Å². The fraction of sp³-hybridized carbons (Fsp3) is 0.286. The lowest BCUT2D eigenvalue weighted by Crippen LogP contribution is -2.25. The number of amides is 1. The van der Waals surface area contributed by atoms with Gasteiger partial charge < -0.3 is 5.32 Å². The molecule has 4 heteroatoms. The van der Waals surface area contributed by atoms with Crippen LogP contribution in [0.15, 0.2) is 42.0 Å². The number of aryl methyl sites for hydroxylation is 1. The maximum atomic E-state index is 11.6. The summed E-state index contributed by atoms with van der Waals surface area (Å²) in [5.41, 5.74) is 1.10. The standard InChI is InChI=1S/C14H16N2OS/c17-14(6-5-12-3-1-8-15-11-12)16-9-7-13-4-2-10-18-13/h1-4,8,10-11H,5-7,9H2,(H,16,17). The molecular weight excluding hydrogens is 244 g/mol. The predicted octanol–water partition coefficient (Wildman–Crippen LogP) is 2.43. The summed E-state index contributed by atoms with van der Waals surface area (Å²) in [6.45, 7) is 0.715. The summed E-state index contributed by atoms with van der Waals surface area (Å²) in [5.74, 6) is 0.107. The van der Waals surface area contributed by atoms with Crippen LogP contribution in [-0.2, 0) is 17.6 Å². The Bertz CT molecular complexity index is 468. The Balaban J connectivity index is 1.63. The van der Waals surface area contributed by atoms with E-state index in [4.69, 9.17) is 0 Å². The van der Waals surface area contributed by atoms with Crippen molar-refractivity contribution in [3.05, 3.63) is 52.5 Å². The molecule has 1 amide bonds. The van der Waals surface area contributed by atoms with E-state index in [2.05, 4.69) is 21.7 Å². The van der Waals surface area contributed by atoms with Crippen molar-refractivity contribution in [2.45, 2.75) is 19.3 Å². The highest BCUT2D eigenvalue weighted by Crippen LogP contribution is 2.08. The Morgan fingerprint density at radius 3 is 2.94 bits per heavy atom. The van der Waals surface area contributed by atoms with E-state index in [9.17, 15) is 4.79 Å². The summed E-state index contributed by atoms with van der Waals surface area (Å²) in [4.78, 5) is 17.0. The molecule has 0 fully saturated rings. The monoisotopic (exact) mass is 260 g/mol. The smallest absolute Gasteiger partial charge is 0.220 e. The van der Waals surface area contributed by atoms with Crippen molar-refractivity contribution in [3.63, 3.8) is 0 Å². The molecule has 0 bridgehead atoms. The molecule has 0 aliphatic carbocycles. The lowest BCUT2D eigenvalue weighted by molar-refractivity contribution is -0.121. The van der Waals surface area contributed by atoms with Gasteiger partial charge in [0.25, 0.3) is 0 Å². The van der Waals surface area contributed by atoms with Crippen LogP contribution in [0.2, 0.25) is 0 Å². The summed E-state index contributed by atoms with van der Waals surface area (Å²) >= 11 is 1.73. The Kier molecular flexibility index (Phi) is 4.90. The first-order chi connectivity index (χ1) is 8.84. The molecular formula is C14H16N2OS. The number of nitrogens with one attached hydrogen (secondary N) is 1. The molecule has 0 aliphatic heterocycles. The van der Waals surface area contributed by atoms with Crippen molar-refractivity contribution in [2.75, 3.05) is 6.54 Å². The zero-order chi connectivity index (χ0) is 12.6. The number of carbonyl (C=O) groups is 1. The molecule has 0 saturated heterocycles. The van der Waals surface area contributed by atoms with Crippen LogP contribution < -0.4 is 5.32 Å². The molecule has 2 heterocycles. The third-order valence-corrected chi connectivity index (χ3v) is 3.57. The van der Waals surface area contributed by atoms with Crippen molar-refractivity contribution >= 4 is 17.2 Å². The van der Waals surface area contributed by atoms with Crippen LogP contribution in [0, 0.1) is 0 Å².